The molecular weight excluding hydrogens is 400 g/mol. The summed E-state index contributed by atoms with van der Waals surface area (Å²) in [5.41, 5.74) is 2.19. The Hall–Kier alpha value is -3.78. The number of benzene rings is 2. The van der Waals surface area contributed by atoms with E-state index < -0.39 is 17.4 Å². The minimum absolute atomic E-state index is 0.0394. The van der Waals surface area contributed by atoms with Gasteiger partial charge in [0.1, 0.15) is 10.6 Å². The fourth-order valence-electron chi connectivity index (χ4n) is 3.07. The summed E-state index contributed by atoms with van der Waals surface area (Å²) in [5, 5.41) is 5.55. The van der Waals surface area contributed by atoms with E-state index in [0.29, 0.717) is 17.1 Å². The lowest BCUT2D eigenvalue weighted by Gasteiger charge is -2.08. The molecule has 8 heteroatoms. The van der Waals surface area contributed by atoms with Crippen molar-refractivity contribution in [2.24, 2.45) is 0 Å². The lowest BCUT2D eigenvalue weighted by atomic mass is 10.2. The van der Waals surface area contributed by atoms with Gasteiger partial charge in [0, 0.05) is 23.1 Å². The summed E-state index contributed by atoms with van der Waals surface area (Å²) in [6.07, 6.45) is 0. The van der Waals surface area contributed by atoms with Crippen LogP contribution in [0, 0.1) is 13.8 Å². The average Bonchev–Trinajstić information content (AvgIpc) is 3.09. The molecule has 7 nitrogen and oxygen atoms in total. The molecule has 4 rings (SSSR count). The van der Waals surface area contributed by atoms with Gasteiger partial charge in [-0.15, -0.1) is 0 Å². The largest absolute Gasteiger partial charge is 0.321 e. The van der Waals surface area contributed by atoms with E-state index in [-0.39, 0.29) is 15.5 Å². The molecule has 2 aromatic carbocycles. The van der Waals surface area contributed by atoms with Crippen LogP contribution in [0.4, 0.5) is 11.4 Å². The number of anilines is 2. The van der Waals surface area contributed by atoms with E-state index in [4.69, 9.17) is 0 Å². The molecule has 2 aromatic heterocycles. The Morgan fingerprint density at radius 1 is 0.900 bits per heavy atom. The number of hydrogen-bond donors (Lipinski definition) is 2. The zero-order chi connectivity index (χ0) is 21.3. The van der Waals surface area contributed by atoms with E-state index in [2.05, 4.69) is 15.6 Å². The number of para-hydroxylation sites is 1. The first-order valence-electron chi connectivity index (χ1n) is 9.20. The fourth-order valence-corrected chi connectivity index (χ4v) is 4.14. The van der Waals surface area contributed by atoms with E-state index in [1.807, 2.05) is 25.1 Å². The van der Waals surface area contributed by atoms with Crippen LogP contribution in [0.2, 0.25) is 0 Å². The summed E-state index contributed by atoms with van der Waals surface area (Å²) in [6.45, 7) is 3.60. The van der Waals surface area contributed by atoms with Crippen molar-refractivity contribution >= 4 is 39.5 Å². The van der Waals surface area contributed by atoms with Crippen LogP contribution in [0.25, 0.3) is 4.96 Å². The molecule has 0 aliphatic rings. The van der Waals surface area contributed by atoms with Gasteiger partial charge in [-0.1, -0.05) is 41.7 Å². The van der Waals surface area contributed by atoms with Crippen LogP contribution in [-0.2, 0) is 0 Å². The average molecular weight is 418 g/mol. The quantitative estimate of drug-likeness (QED) is 0.526. The van der Waals surface area contributed by atoms with Gasteiger partial charge in [0.25, 0.3) is 17.4 Å². The van der Waals surface area contributed by atoms with Gasteiger partial charge in [-0.05, 0) is 43.7 Å². The number of amides is 2. The number of nitrogens with zero attached hydrogens (tertiary/aromatic N) is 2. The Labute approximate surface area is 176 Å². The maximum Gasteiger partial charge on any atom is 0.274 e. The predicted octanol–water partition coefficient (Wildman–Crippen LogP) is 3.88. The molecule has 0 spiro atoms. The number of rotatable bonds is 4. The Kier molecular flexibility index (Phi) is 5.16. The number of thiazole rings is 1. The van der Waals surface area contributed by atoms with E-state index in [9.17, 15) is 14.4 Å². The van der Waals surface area contributed by atoms with Crippen LogP contribution < -0.4 is 16.2 Å². The molecule has 2 amide bonds. The highest BCUT2D eigenvalue weighted by Gasteiger charge is 2.26. The monoisotopic (exact) mass is 418 g/mol. The van der Waals surface area contributed by atoms with Gasteiger partial charge < -0.3 is 10.6 Å². The molecule has 150 valence electrons. The number of fused-ring (bicyclic) bond motifs is 1. The molecule has 0 radical (unpaired) electrons. The number of carbonyl (C=O) groups is 2. The predicted molar refractivity (Wildman–Crippen MR) is 118 cm³/mol. The minimum Gasteiger partial charge on any atom is -0.321 e. The molecule has 0 aliphatic heterocycles. The molecule has 0 saturated carbocycles. The Morgan fingerprint density at radius 3 is 2.33 bits per heavy atom. The normalized spacial score (nSPS) is 10.7. The van der Waals surface area contributed by atoms with Crippen molar-refractivity contribution < 1.29 is 9.59 Å². The lowest BCUT2D eigenvalue weighted by Crippen LogP contribution is -2.25. The first-order valence-corrected chi connectivity index (χ1v) is 10.0. The lowest BCUT2D eigenvalue weighted by molar-refractivity contribution is 0.0989. The SMILES string of the molecule is Cc1cccc(NC(=O)c2c(C(=O)Nc3ccccc3)sc3nc(C)cc(=O)n23)c1. The van der Waals surface area contributed by atoms with E-state index in [1.165, 1.54) is 10.5 Å². The molecule has 0 saturated heterocycles. The summed E-state index contributed by atoms with van der Waals surface area (Å²) >= 11 is 1.00. The molecule has 30 heavy (non-hydrogen) atoms. The Morgan fingerprint density at radius 2 is 1.60 bits per heavy atom. The third kappa shape index (κ3) is 3.85. The standard InChI is InChI=1S/C22H18N4O3S/c1-13-7-6-10-16(11-13)25-20(28)18-19(21(29)24-15-8-4-3-5-9-15)30-22-23-14(2)12-17(27)26(18)22/h3-12H,1-2H3,(H,24,29)(H,25,28). The maximum atomic E-state index is 13.1. The van der Waals surface area contributed by atoms with Gasteiger partial charge >= 0.3 is 0 Å². The van der Waals surface area contributed by atoms with Gasteiger partial charge in [0.15, 0.2) is 4.96 Å². The zero-order valence-electron chi connectivity index (χ0n) is 16.3. The number of carbonyl (C=O) groups excluding carboxylic acids is 2. The molecule has 4 aromatic rings. The highest BCUT2D eigenvalue weighted by Crippen LogP contribution is 2.24. The number of nitrogens with one attached hydrogen (secondary N) is 2. The summed E-state index contributed by atoms with van der Waals surface area (Å²) < 4.78 is 1.18. The van der Waals surface area contributed by atoms with Crippen LogP contribution >= 0.6 is 11.3 Å². The topological polar surface area (TPSA) is 92.6 Å². The summed E-state index contributed by atoms with van der Waals surface area (Å²) in [7, 11) is 0. The minimum atomic E-state index is -0.558. The van der Waals surface area contributed by atoms with Crippen molar-refractivity contribution in [2.75, 3.05) is 10.6 Å². The van der Waals surface area contributed by atoms with Gasteiger partial charge in [0.05, 0.1) is 0 Å². The Balaban J connectivity index is 1.81. The highest BCUT2D eigenvalue weighted by molar-refractivity contribution is 7.19. The third-order valence-corrected chi connectivity index (χ3v) is 5.42. The third-order valence-electron chi connectivity index (χ3n) is 4.38. The second-order valence-corrected chi connectivity index (χ2v) is 7.75. The first kappa shape index (κ1) is 19.5. The fraction of sp³-hybridized carbons (Fsp3) is 0.0909. The van der Waals surface area contributed by atoms with Crippen LogP contribution in [0.1, 0.15) is 31.4 Å². The van der Waals surface area contributed by atoms with Gasteiger partial charge in [0.2, 0.25) is 0 Å². The maximum absolute atomic E-state index is 13.1. The Bertz CT molecular complexity index is 1330. The number of hydrogen-bond acceptors (Lipinski definition) is 5. The molecule has 2 N–H and O–H groups in total. The van der Waals surface area contributed by atoms with Crippen molar-refractivity contribution in [2.45, 2.75) is 13.8 Å². The van der Waals surface area contributed by atoms with Crippen LogP contribution in [0.5, 0.6) is 0 Å². The van der Waals surface area contributed by atoms with E-state index in [1.54, 1.807) is 43.3 Å². The molecular formula is C22H18N4O3S. The molecule has 0 fully saturated rings. The molecule has 0 unspecified atom stereocenters. The van der Waals surface area contributed by atoms with Crippen LogP contribution in [0.15, 0.2) is 65.5 Å². The van der Waals surface area contributed by atoms with Crippen molar-refractivity contribution in [3.05, 3.63) is 92.8 Å². The molecule has 2 heterocycles. The molecule has 0 aliphatic carbocycles. The summed E-state index contributed by atoms with van der Waals surface area (Å²) in [6, 6.07) is 17.5. The first-order chi connectivity index (χ1) is 14.4. The van der Waals surface area contributed by atoms with Crippen molar-refractivity contribution in [3.63, 3.8) is 0 Å². The summed E-state index contributed by atoms with van der Waals surface area (Å²) in [4.78, 5) is 43.5. The second kappa shape index (κ2) is 7.92. The van der Waals surface area contributed by atoms with Gasteiger partial charge in [-0.25, -0.2) is 9.38 Å². The second-order valence-electron chi connectivity index (χ2n) is 6.78. The van der Waals surface area contributed by atoms with Crippen molar-refractivity contribution in [1.82, 2.24) is 9.38 Å². The van der Waals surface area contributed by atoms with E-state index in [0.717, 1.165) is 16.9 Å². The molecule has 0 atom stereocenters. The van der Waals surface area contributed by atoms with Gasteiger partial charge in [-0.3, -0.25) is 14.4 Å². The number of aromatic nitrogens is 2. The van der Waals surface area contributed by atoms with Crippen LogP contribution in [-0.4, -0.2) is 21.2 Å². The van der Waals surface area contributed by atoms with Gasteiger partial charge in [-0.2, -0.15) is 0 Å². The van der Waals surface area contributed by atoms with Crippen molar-refractivity contribution in [1.29, 1.82) is 0 Å². The zero-order valence-corrected chi connectivity index (χ0v) is 17.1. The van der Waals surface area contributed by atoms with Crippen molar-refractivity contribution in [3.8, 4) is 0 Å². The number of aryl methyl sites for hydroxylation is 2. The summed E-state index contributed by atoms with van der Waals surface area (Å²) in [5.74, 6) is -1.04. The smallest absolute Gasteiger partial charge is 0.274 e. The van der Waals surface area contributed by atoms with Crippen LogP contribution in [0.3, 0.4) is 0 Å². The highest BCUT2D eigenvalue weighted by atomic mass is 32.1. The molecule has 0 bridgehead atoms. The van der Waals surface area contributed by atoms with E-state index >= 15 is 0 Å².